The summed E-state index contributed by atoms with van der Waals surface area (Å²) in [5.74, 6) is 0.796. The van der Waals surface area contributed by atoms with E-state index in [0.717, 1.165) is 29.5 Å². The van der Waals surface area contributed by atoms with Crippen LogP contribution >= 0.6 is 0 Å². The van der Waals surface area contributed by atoms with Crippen LogP contribution < -0.4 is 4.90 Å². The monoisotopic (exact) mass is 291 g/mol. The standard InChI is InChI=1S/C16H25N3O2/c1-12-14(9-10-15(20)21)16(19(3)17-12)18(2)11-13-7-5-4-6-8-13/h9-10,13H,4-8,11H2,1-3H3,(H,20,21). The van der Waals surface area contributed by atoms with Crippen molar-refractivity contribution in [3.8, 4) is 0 Å². The third-order valence-corrected chi connectivity index (χ3v) is 4.25. The highest BCUT2D eigenvalue weighted by Gasteiger charge is 2.20. The number of anilines is 1. The number of hydrogen-bond donors (Lipinski definition) is 1. The van der Waals surface area contributed by atoms with Gasteiger partial charge in [0.05, 0.1) is 5.69 Å². The fourth-order valence-electron chi connectivity index (χ4n) is 3.31. The number of carboxylic acid groups (broad SMARTS) is 1. The van der Waals surface area contributed by atoms with Crippen LogP contribution in [0.4, 0.5) is 5.82 Å². The summed E-state index contributed by atoms with van der Waals surface area (Å²) in [7, 11) is 3.99. The third-order valence-electron chi connectivity index (χ3n) is 4.25. The Hall–Kier alpha value is -1.78. The molecular weight excluding hydrogens is 266 g/mol. The number of aromatic nitrogens is 2. The highest BCUT2D eigenvalue weighted by atomic mass is 16.4. The number of nitrogens with zero attached hydrogens (tertiary/aromatic N) is 3. The molecule has 1 fully saturated rings. The van der Waals surface area contributed by atoms with Gasteiger partial charge in [0, 0.05) is 32.3 Å². The molecule has 1 aromatic rings. The van der Waals surface area contributed by atoms with Gasteiger partial charge in [-0.15, -0.1) is 0 Å². The largest absolute Gasteiger partial charge is 0.478 e. The summed E-state index contributed by atoms with van der Waals surface area (Å²) >= 11 is 0. The normalized spacial score (nSPS) is 16.5. The first-order chi connectivity index (χ1) is 9.99. The predicted octanol–water partition coefficient (Wildman–Crippen LogP) is 2.84. The number of rotatable bonds is 5. The molecule has 0 spiro atoms. The van der Waals surface area contributed by atoms with E-state index in [1.165, 1.54) is 38.2 Å². The molecule has 0 saturated heterocycles. The van der Waals surface area contributed by atoms with E-state index in [9.17, 15) is 4.79 Å². The van der Waals surface area contributed by atoms with E-state index in [1.54, 1.807) is 6.08 Å². The molecule has 21 heavy (non-hydrogen) atoms. The lowest BCUT2D eigenvalue weighted by Gasteiger charge is -2.28. The van der Waals surface area contributed by atoms with Crippen LogP contribution in [0, 0.1) is 12.8 Å². The third kappa shape index (κ3) is 3.86. The van der Waals surface area contributed by atoms with Crippen molar-refractivity contribution < 1.29 is 9.90 Å². The predicted molar refractivity (Wildman–Crippen MR) is 84.5 cm³/mol. The maximum Gasteiger partial charge on any atom is 0.328 e. The Balaban J connectivity index is 2.18. The summed E-state index contributed by atoms with van der Waals surface area (Å²) in [4.78, 5) is 13.0. The molecular formula is C16H25N3O2. The minimum absolute atomic E-state index is 0.732. The fraction of sp³-hybridized carbons (Fsp3) is 0.625. The van der Waals surface area contributed by atoms with Crippen LogP contribution in [0.3, 0.4) is 0 Å². The van der Waals surface area contributed by atoms with Gasteiger partial charge in [-0.05, 0) is 31.8 Å². The average Bonchev–Trinajstić information content (AvgIpc) is 2.71. The lowest BCUT2D eigenvalue weighted by Crippen LogP contribution is -2.28. The maximum absolute atomic E-state index is 10.8. The van der Waals surface area contributed by atoms with Crippen LogP contribution in [0.2, 0.25) is 0 Å². The van der Waals surface area contributed by atoms with Crippen LogP contribution in [-0.4, -0.2) is 34.4 Å². The molecule has 1 saturated carbocycles. The van der Waals surface area contributed by atoms with Crippen molar-refractivity contribution in [1.29, 1.82) is 0 Å². The lowest BCUT2D eigenvalue weighted by atomic mass is 9.89. The summed E-state index contributed by atoms with van der Waals surface area (Å²) in [6.07, 6.45) is 9.43. The molecule has 1 aliphatic carbocycles. The van der Waals surface area contributed by atoms with Gasteiger partial charge in [0.1, 0.15) is 5.82 Å². The Morgan fingerprint density at radius 3 is 2.71 bits per heavy atom. The number of hydrogen-bond acceptors (Lipinski definition) is 3. The van der Waals surface area contributed by atoms with Crippen LogP contribution in [-0.2, 0) is 11.8 Å². The van der Waals surface area contributed by atoms with Gasteiger partial charge in [0.25, 0.3) is 0 Å². The topological polar surface area (TPSA) is 58.4 Å². The van der Waals surface area contributed by atoms with Gasteiger partial charge in [-0.25, -0.2) is 4.79 Å². The van der Waals surface area contributed by atoms with E-state index in [4.69, 9.17) is 5.11 Å². The first-order valence-electron chi connectivity index (χ1n) is 7.64. The molecule has 116 valence electrons. The Morgan fingerprint density at radius 1 is 1.43 bits per heavy atom. The van der Waals surface area contributed by atoms with E-state index in [1.807, 2.05) is 18.7 Å². The Kier molecular flexibility index (Phi) is 5.04. The minimum Gasteiger partial charge on any atom is -0.478 e. The molecule has 0 amide bonds. The Morgan fingerprint density at radius 2 is 2.10 bits per heavy atom. The van der Waals surface area contributed by atoms with Crippen molar-refractivity contribution in [2.24, 2.45) is 13.0 Å². The molecule has 2 rings (SSSR count). The zero-order chi connectivity index (χ0) is 15.4. The van der Waals surface area contributed by atoms with E-state index >= 15 is 0 Å². The molecule has 0 aromatic carbocycles. The smallest absolute Gasteiger partial charge is 0.328 e. The van der Waals surface area contributed by atoms with Crippen molar-refractivity contribution >= 4 is 17.9 Å². The van der Waals surface area contributed by atoms with Crippen molar-refractivity contribution in [3.63, 3.8) is 0 Å². The van der Waals surface area contributed by atoms with Crippen LogP contribution in [0.25, 0.3) is 6.08 Å². The molecule has 0 bridgehead atoms. The lowest BCUT2D eigenvalue weighted by molar-refractivity contribution is -0.131. The van der Waals surface area contributed by atoms with Gasteiger partial charge in [-0.2, -0.15) is 5.10 Å². The molecule has 1 aromatic heterocycles. The zero-order valence-corrected chi connectivity index (χ0v) is 13.2. The minimum atomic E-state index is -0.931. The molecule has 0 aliphatic heterocycles. The summed E-state index contributed by atoms with van der Waals surface area (Å²) < 4.78 is 1.85. The highest BCUT2D eigenvalue weighted by Crippen LogP contribution is 2.28. The first-order valence-corrected chi connectivity index (χ1v) is 7.64. The zero-order valence-electron chi connectivity index (χ0n) is 13.2. The van der Waals surface area contributed by atoms with Gasteiger partial charge >= 0.3 is 5.97 Å². The quantitative estimate of drug-likeness (QED) is 0.848. The number of carbonyl (C=O) groups is 1. The summed E-state index contributed by atoms with van der Waals surface area (Å²) in [5.41, 5.74) is 1.76. The van der Waals surface area contributed by atoms with E-state index in [-0.39, 0.29) is 0 Å². The number of carboxylic acids is 1. The molecule has 0 radical (unpaired) electrons. The van der Waals surface area contributed by atoms with E-state index in [0.29, 0.717) is 0 Å². The number of aliphatic carboxylic acids is 1. The van der Waals surface area contributed by atoms with Gasteiger partial charge < -0.3 is 10.0 Å². The molecule has 0 unspecified atom stereocenters. The second kappa shape index (κ2) is 6.78. The molecule has 1 heterocycles. The van der Waals surface area contributed by atoms with Crippen molar-refractivity contribution in [2.75, 3.05) is 18.5 Å². The van der Waals surface area contributed by atoms with Gasteiger partial charge in [0.2, 0.25) is 0 Å². The van der Waals surface area contributed by atoms with E-state index in [2.05, 4.69) is 17.0 Å². The first kappa shape index (κ1) is 15.6. The fourth-order valence-corrected chi connectivity index (χ4v) is 3.31. The second-order valence-electron chi connectivity index (χ2n) is 6.00. The molecule has 1 aliphatic rings. The Labute approximate surface area is 126 Å². The molecule has 0 atom stereocenters. The van der Waals surface area contributed by atoms with Crippen LogP contribution in [0.15, 0.2) is 6.08 Å². The van der Waals surface area contributed by atoms with Gasteiger partial charge in [0.15, 0.2) is 0 Å². The average molecular weight is 291 g/mol. The molecule has 1 N–H and O–H groups in total. The second-order valence-corrected chi connectivity index (χ2v) is 6.00. The highest BCUT2D eigenvalue weighted by molar-refractivity contribution is 5.87. The van der Waals surface area contributed by atoms with Gasteiger partial charge in [-0.1, -0.05) is 19.3 Å². The molecule has 5 heteroatoms. The number of aryl methyl sites for hydroxylation is 2. The van der Waals surface area contributed by atoms with Crippen molar-refractivity contribution in [3.05, 3.63) is 17.3 Å². The maximum atomic E-state index is 10.8. The summed E-state index contributed by atoms with van der Waals surface area (Å²) in [5, 5.41) is 13.3. The van der Waals surface area contributed by atoms with Gasteiger partial charge in [-0.3, -0.25) is 4.68 Å². The SMILES string of the molecule is Cc1nn(C)c(N(C)CC2CCCCC2)c1C=CC(=O)O. The van der Waals surface area contributed by atoms with Crippen LogP contribution in [0.5, 0.6) is 0 Å². The van der Waals surface area contributed by atoms with Crippen molar-refractivity contribution in [1.82, 2.24) is 9.78 Å². The molecule has 5 nitrogen and oxygen atoms in total. The van der Waals surface area contributed by atoms with Crippen molar-refractivity contribution in [2.45, 2.75) is 39.0 Å². The van der Waals surface area contributed by atoms with E-state index < -0.39 is 5.97 Å². The van der Waals surface area contributed by atoms with Crippen LogP contribution in [0.1, 0.15) is 43.4 Å². The Bertz CT molecular complexity index is 528. The summed E-state index contributed by atoms with van der Waals surface area (Å²) in [6.45, 7) is 2.92. The summed E-state index contributed by atoms with van der Waals surface area (Å²) in [6, 6.07) is 0.